The van der Waals surface area contributed by atoms with Crippen molar-refractivity contribution < 1.29 is 19.1 Å². The number of esters is 2. The Kier molecular flexibility index (Phi) is 5.15. The minimum absolute atomic E-state index is 0.629. The van der Waals surface area contributed by atoms with Crippen LogP contribution in [0.2, 0.25) is 0 Å². The molecule has 0 radical (unpaired) electrons. The fourth-order valence-corrected chi connectivity index (χ4v) is 1.57. The van der Waals surface area contributed by atoms with Gasteiger partial charge < -0.3 is 9.47 Å². The molecule has 0 aliphatic carbocycles. The average Bonchev–Trinajstić information content (AvgIpc) is 2.52. The Balaban J connectivity index is 1.97. The van der Waals surface area contributed by atoms with Crippen LogP contribution >= 0.6 is 0 Å². The van der Waals surface area contributed by atoms with Crippen molar-refractivity contribution in [3.05, 3.63) is 0 Å². The summed E-state index contributed by atoms with van der Waals surface area (Å²) in [4.78, 5) is 21.3. The van der Waals surface area contributed by atoms with Gasteiger partial charge in [0.25, 0.3) is 0 Å². The fourth-order valence-electron chi connectivity index (χ4n) is 1.57. The SMILES string of the molecule is CCCCCCCCC1OC(=O)C(=O)O1. The smallest absolute Gasteiger partial charge is 0.417 e. The van der Waals surface area contributed by atoms with Crippen LogP contribution in [0.15, 0.2) is 0 Å². The second kappa shape index (κ2) is 6.43. The first-order valence-electron chi connectivity index (χ1n) is 5.65. The summed E-state index contributed by atoms with van der Waals surface area (Å²) in [5.74, 6) is -1.71. The molecule has 4 nitrogen and oxygen atoms in total. The molecular formula is C11H18O4. The van der Waals surface area contributed by atoms with E-state index < -0.39 is 18.2 Å². The van der Waals surface area contributed by atoms with E-state index in [1.165, 1.54) is 25.7 Å². The van der Waals surface area contributed by atoms with Crippen LogP contribution in [-0.2, 0) is 19.1 Å². The highest BCUT2D eigenvalue weighted by molar-refractivity contribution is 6.30. The third-order valence-corrected chi connectivity index (χ3v) is 2.44. The molecular weight excluding hydrogens is 196 g/mol. The maximum Gasteiger partial charge on any atom is 0.420 e. The number of unbranched alkanes of at least 4 members (excludes halogenated alkanes) is 5. The molecule has 1 rings (SSSR count). The number of carbonyl (C=O) groups excluding carboxylic acids is 2. The Morgan fingerprint density at radius 2 is 1.47 bits per heavy atom. The van der Waals surface area contributed by atoms with Crippen LogP contribution in [0.3, 0.4) is 0 Å². The van der Waals surface area contributed by atoms with Crippen molar-refractivity contribution in [2.24, 2.45) is 0 Å². The topological polar surface area (TPSA) is 52.6 Å². The molecule has 86 valence electrons. The van der Waals surface area contributed by atoms with Gasteiger partial charge in [-0.15, -0.1) is 0 Å². The van der Waals surface area contributed by atoms with Gasteiger partial charge in [-0.2, -0.15) is 0 Å². The number of hydrogen-bond acceptors (Lipinski definition) is 4. The van der Waals surface area contributed by atoms with Gasteiger partial charge in [-0.25, -0.2) is 9.59 Å². The standard InChI is InChI=1S/C11H18O4/c1-2-3-4-5-6-7-8-9-14-10(12)11(13)15-9/h9H,2-8H2,1H3. The van der Waals surface area contributed by atoms with Crippen molar-refractivity contribution in [1.29, 1.82) is 0 Å². The lowest BCUT2D eigenvalue weighted by Crippen LogP contribution is -2.07. The van der Waals surface area contributed by atoms with Crippen molar-refractivity contribution in [1.82, 2.24) is 0 Å². The molecule has 0 unspecified atom stereocenters. The molecule has 1 saturated heterocycles. The Morgan fingerprint density at radius 1 is 0.933 bits per heavy atom. The van der Waals surface area contributed by atoms with Crippen LogP contribution in [0.25, 0.3) is 0 Å². The molecule has 0 amide bonds. The van der Waals surface area contributed by atoms with Gasteiger partial charge in [-0.3, -0.25) is 0 Å². The van der Waals surface area contributed by atoms with Gasteiger partial charge in [0.2, 0.25) is 6.29 Å². The minimum Gasteiger partial charge on any atom is -0.417 e. The molecule has 1 aliphatic heterocycles. The minimum atomic E-state index is -0.856. The van der Waals surface area contributed by atoms with Crippen molar-refractivity contribution >= 4 is 11.9 Å². The van der Waals surface area contributed by atoms with Crippen LogP contribution < -0.4 is 0 Å². The highest BCUT2D eigenvalue weighted by atomic mass is 16.8. The summed E-state index contributed by atoms with van der Waals surface area (Å²) in [7, 11) is 0. The first kappa shape index (κ1) is 12.0. The first-order chi connectivity index (χ1) is 7.24. The monoisotopic (exact) mass is 214 g/mol. The van der Waals surface area contributed by atoms with Crippen LogP contribution in [0.5, 0.6) is 0 Å². The third kappa shape index (κ3) is 4.32. The molecule has 1 aliphatic rings. The van der Waals surface area contributed by atoms with Gasteiger partial charge in [0.15, 0.2) is 0 Å². The number of ether oxygens (including phenoxy) is 2. The van der Waals surface area contributed by atoms with Gasteiger partial charge in [0, 0.05) is 6.42 Å². The summed E-state index contributed by atoms with van der Waals surface area (Å²) < 4.78 is 9.38. The maximum absolute atomic E-state index is 10.7. The van der Waals surface area contributed by atoms with Crippen LogP contribution in [0, 0.1) is 0 Å². The summed E-state index contributed by atoms with van der Waals surface area (Å²) in [5.41, 5.74) is 0. The van der Waals surface area contributed by atoms with Gasteiger partial charge in [-0.1, -0.05) is 39.0 Å². The number of cyclic esters (lactones) is 2. The van der Waals surface area contributed by atoms with E-state index in [1.54, 1.807) is 0 Å². The maximum atomic E-state index is 10.7. The average molecular weight is 214 g/mol. The van der Waals surface area contributed by atoms with E-state index in [0.29, 0.717) is 6.42 Å². The number of carbonyl (C=O) groups is 2. The van der Waals surface area contributed by atoms with Gasteiger partial charge in [0.05, 0.1) is 0 Å². The van der Waals surface area contributed by atoms with Gasteiger partial charge in [-0.05, 0) is 6.42 Å². The molecule has 0 bridgehead atoms. The first-order valence-corrected chi connectivity index (χ1v) is 5.65. The number of hydrogen-bond donors (Lipinski definition) is 0. The molecule has 0 aromatic carbocycles. The molecule has 1 fully saturated rings. The Morgan fingerprint density at radius 3 is 2.07 bits per heavy atom. The lowest BCUT2D eigenvalue weighted by atomic mass is 10.1. The molecule has 0 atom stereocenters. The Hall–Kier alpha value is -1.06. The zero-order valence-electron chi connectivity index (χ0n) is 9.16. The third-order valence-electron chi connectivity index (χ3n) is 2.44. The summed E-state index contributed by atoms with van der Waals surface area (Å²) in [6.45, 7) is 2.18. The van der Waals surface area contributed by atoms with E-state index >= 15 is 0 Å². The largest absolute Gasteiger partial charge is 0.420 e. The van der Waals surface area contributed by atoms with E-state index in [1.807, 2.05) is 0 Å². The van der Waals surface area contributed by atoms with Crippen molar-refractivity contribution in [3.63, 3.8) is 0 Å². The van der Waals surface area contributed by atoms with Gasteiger partial charge >= 0.3 is 11.9 Å². The van der Waals surface area contributed by atoms with E-state index in [4.69, 9.17) is 9.47 Å². The fraction of sp³-hybridized carbons (Fsp3) is 0.818. The molecule has 0 N–H and O–H groups in total. The molecule has 0 saturated carbocycles. The lowest BCUT2D eigenvalue weighted by molar-refractivity contribution is -0.150. The van der Waals surface area contributed by atoms with Crippen molar-refractivity contribution in [3.8, 4) is 0 Å². The van der Waals surface area contributed by atoms with E-state index in [0.717, 1.165) is 12.8 Å². The molecule has 1 heterocycles. The van der Waals surface area contributed by atoms with Crippen molar-refractivity contribution in [2.75, 3.05) is 0 Å². The predicted molar refractivity (Wildman–Crippen MR) is 54.0 cm³/mol. The van der Waals surface area contributed by atoms with Crippen LogP contribution in [0.4, 0.5) is 0 Å². The highest BCUT2D eigenvalue weighted by Gasteiger charge is 2.33. The normalized spacial score (nSPS) is 16.6. The van der Waals surface area contributed by atoms with E-state index in [9.17, 15) is 9.59 Å². The Bertz CT molecular complexity index is 209. The molecule has 15 heavy (non-hydrogen) atoms. The zero-order valence-corrected chi connectivity index (χ0v) is 9.16. The quantitative estimate of drug-likeness (QED) is 0.370. The second-order valence-electron chi connectivity index (χ2n) is 3.80. The predicted octanol–water partition coefficient (Wildman–Crippen LogP) is 2.16. The number of rotatable bonds is 7. The summed E-state index contributed by atoms with van der Waals surface area (Å²) in [6, 6.07) is 0. The molecule has 0 aromatic heterocycles. The van der Waals surface area contributed by atoms with Crippen molar-refractivity contribution in [2.45, 2.75) is 58.2 Å². The lowest BCUT2D eigenvalue weighted by Gasteiger charge is -2.06. The Labute approximate surface area is 89.9 Å². The molecule has 4 heteroatoms. The van der Waals surface area contributed by atoms with Gasteiger partial charge in [0.1, 0.15) is 0 Å². The summed E-state index contributed by atoms with van der Waals surface area (Å²) in [6.07, 6.45) is 7.00. The van der Waals surface area contributed by atoms with E-state index in [-0.39, 0.29) is 0 Å². The van der Waals surface area contributed by atoms with Crippen LogP contribution in [0.1, 0.15) is 51.9 Å². The second-order valence-corrected chi connectivity index (χ2v) is 3.80. The molecule has 0 spiro atoms. The zero-order chi connectivity index (χ0) is 11.1. The molecule has 0 aromatic rings. The highest BCUT2D eigenvalue weighted by Crippen LogP contribution is 2.15. The summed E-state index contributed by atoms with van der Waals surface area (Å²) in [5, 5.41) is 0. The van der Waals surface area contributed by atoms with E-state index in [2.05, 4.69) is 6.92 Å². The summed E-state index contributed by atoms with van der Waals surface area (Å²) >= 11 is 0. The van der Waals surface area contributed by atoms with Crippen LogP contribution in [-0.4, -0.2) is 18.2 Å².